The molecule has 1 heterocycles. The molecule has 0 saturated carbocycles. The zero-order valence-electron chi connectivity index (χ0n) is 11.2. The average molecular weight is 357 g/mol. The second kappa shape index (κ2) is 5.49. The van der Waals surface area contributed by atoms with Gasteiger partial charge in [-0.1, -0.05) is 20.8 Å². The Balaban J connectivity index is 2.28. The first kappa shape index (κ1) is 14.9. The number of ether oxygens (including phenoxy) is 1. The molecule has 1 aromatic heterocycles. The summed E-state index contributed by atoms with van der Waals surface area (Å²) >= 11 is 4.46. The lowest BCUT2D eigenvalue weighted by Gasteiger charge is -2.12. The summed E-state index contributed by atoms with van der Waals surface area (Å²) in [4.78, 5) is 15.3. The monoisotopic (exact) mass is 356 g/mol. The van der Waals surface area contributed by atoms with Gasteiger partial charge >= 0.3 is 5.97 Å². The van der Waals surface area contributed by atoms with E-state index in [4.69, 9.17) is 9.84 Å². The zero-order chi connectivity index (χ0) is 14.9. The highest BCUT2D eigenvalue weighted by atomic mass is 79.9. The molecule has 0 amide bonds. The highest BCUT2D eigenvalue weighted by molar-refractivity contribution is 9.10. The van der Waals surface area contributed by atoms with Gasteiger partial charge in [-0.2, -0.15) is 9.36 Å². The summed E-state index contributed by atoms with van der Waals surface area (Å²) < 4.78 is 10.5. The number of halogens is 1. The van der Waals surface area contributed by atoms with E-state index in [1.807, 2.05) is 20.8 Å². The predicted molar refractivity (Wildman–Crippen MR) is 79.8 cm³/mol. The molecule has 1 N–H and O–H groups in total. The van der Waals surface area contributed by atoms with Crippen molar-refractivity contribution in [2.75, 3.05) is 0 Å². The van der Waals surface area contributed by atoms with Crippen molar-refractivity contribution in [1.29, 1.82) is 0 Å². The van der Waals surface area contributed by atoms with Crippen molar-refractivity contribution in [1.82, 2.24) is 9.36 Å². The van der Waals surface area contributed by atoms with Crippen LogP contribution in [0.25, 0.3) is 0 Å². The van der Waals surface area contributed by atoms with Crippen molar-refractivity contribution in [2.45, 2.75) is 26.2 Å². The van der Waals surface area contributed by atoms with Gasteiger partial charge in [-0.15, -0.1) is 0 Å². The van der Waals surface area contributed by atoms with Crippen LogP contribution >= 0.6 is 27.5 Å². The Hall–Kier alpha value is -1.47. The number of aromatic carboxylic acids is 1. The maximum absolute atomic E-state index is 11.0. The minimum absolute atomic E-state index is 0.155. The lowest BCUT2D eigenvalue weighted by Crippen LogP contribution is -2.12. The molecule has 0 aliphatic rings. The van der Waals surface area contributed by atoms with Gasteiger partial charge in [0.2, 0.25) is 0 Å². The SMILES string of the molecule is CC(C)(C)c1nsc(Oc2cc(C(=O)O)ccc2Br)n1. The van der Waals surface area contributed by atoms with Crippen LogP contribution in [0.4, 0.5) is 0 Å². The second-order valence-corrected chi connectivity index (χ2v) is 6.76. The van der Waals surface area contributed by atoms with Gasteiger partial charge in [0, 0.05) is 16.9 Å². The highest BCUT2D eigenvalue weighted by Gasteiger charge is 2.20. The number of hydrogen-bond donors (Lipinski definition) is 1. The number of benzene rings is 1. The molecule has 106 valence electrons. The minimum Gasteiger partial charge on any atom is -0.478 e. The summed E-state index contributed by atoms with van der Waals surface area (Å²) in [7, 11) is 0. The summed E-state index contributed by atoms with van der Waals surface area (Å²) in [6.07, 6.45) is 0. The van der Waals surface area contributed by atoms with Gasteiger partial charge in [0.05, 0.1) is 10.0 Å². The van der Waals surface area contributed by atoms with Gasteiger partial charge in [0.25, 0.3) is 5.19 Å². The third-order valence-electron chi connectivity index (χ3n) is 2.45. The van der Waals surface area contributed by atoms with E-state index < -0.39 is 5.97 Å². The molecular formula is C13H13BrN2O3S. The molecule has 0 spiro atoms. The highest BCUT2D eigenvalue weighted by Crippen LogP contribution is 2.33. The first-order valence-corrected chi connectivity index (χ1v) is 7.39. The zero-order valence-corrected chi connectivity index (χ0v) is 13.6. The van der Waals surface area contributed by atoms with Crippen molar-refractivity contribution in [2.24, 2.45) is 0 Å². The number of carbonyl (C=O) groups is 1. The van der Waals surface area contributed by atoms with Crippen molar-refractivity contribution in [3.05, 3.63) is 34.1 Å². The van der Waals surface area contributed by atoms with Crippen molar-refractivity contribution in [3.63, 3.8) is 0 Å². The van der Waals surface area contributed by atoms with Gasteiger partial charge in [-0.25, -0.2) is 4.79 Å². The Bertz CT molecular complexity index is 649. The molecule has 0 aliphatic carbocycles. The fourth-order valence-electron chi connectivity index (χ4n) is 1.36. The van der Waals surface area contributed by atoms with Crippen molar-refractivity contribution >= 4 is 33.4 Å². The van der Waals surface area contributed by atoms with E-state index in [1.54, 1.807) is 6.07 Å². The fourth-order valence-corrected chi connectivity index (χ4v) is 2.43. The standard InChI is InChI=1S/C13H13BrN2O3S/c1-13(2,3)11-15-12(20-16-11)19-9-6-7(10(17)18)4-5-8(9)14/h4-6H,1-3H3,(H,17,18). The topological polar surface area (TPSA) is 72.3 Å². The van der Waals surface area contributed by atoms with Gasteiger partial charge < -0.3 is 9.84 Å². The summed E-state index contributed by atoms with van der Waals surface area (Å²) in [5, 5.41) is 9.37. The van der Waals surface area contributed by atoms with Crippen LogP contribution in [-0.4, -0.2) is 20.4 Å². The molecule has 20 heavy (non-hydrogen) atoms. The largest absolute Gasteiger partial charge is 0.478 e. The molecule has 0 atom stereocenters. The summed E-state index contributed by atoms with van der Waals surface area (Å²) in [5.74, 6) is 0.0968. The fraction of sp³-hybridized carbons (Fsp3) is 0.308. The van der Waals surface area contributed by atoms with E-state index in [9.17, 15) is 4.79 Å². The minimum atomic E-state index is -1.00. The molecule has 0 aliphatic heterocycles. The Morgan fingerprint density at radius 3 is 2.65 bits per heavy atom. The van der Waals surface area contributed by atoms with E-state index in [2.05, 4.69) is 25.3 Å². The summed E-state index contributed by atoms with van der Waals surface area (Å²) in [6, 6.07) is 4.58. The van der Waals surface area contributed by atoms with Crippen molar-refractivity contribution < 1.29 is 14.6 Å². The Morgan fingerprint density at radius 1 is 1.40 bits per heavy atom. The van der Waals surface area contributed by atoms with Gasteiger partial charge in [0.1, 0.15) is 5.75 Å². The molecule has 0 saturated heterocycles. The van der Waals surface area contributed by atoms with Crippen LogP contribution in [0.15, 0.2) is 22.7 Å². The van der Waals surface area contributed by atoms with Gasteiger partial charge in [-0.05, 0) is 34.1 Å². The number of carboxylic acid groups (broad SMARTS) is 1. The third-order valence-corrected chi connectivity index (χ3v) is 3.70. The van der Waals surface area contributed by atoms with Gasteiger partial charge in [-0.3, -0.25) is 0 Å². The average Bonchev–Trinajstić information content (AvgIpc) is 2.80. The smallest absolute Gasteiger partial charge is 0.335 e. The Morgan fingerprint density at radius 2 is 2.10 bits per heavy atom. The van der Waals surface area contributed by atoms with Crippen LogP contribution in [0.1, 0.15) is 37.0 Å². The molecule has 5 nitrogen and oxygen atoms in total. The first-order valence-electron chi connectivity index (χ1n) is 5.82. The van der Waals surface area contributed by atoms with Crippen LogP contribution in [0.2, 0.25) is 0 Å². The third kappa shape index (κ3) is 3.34. The van der Waals surface area contributed by atoms with E-state index in [0.29, 0.717) is 21.2 Å². The van der Waals surface area contributed by atoms with Gasteiger partial charge in [0.15, 0.2) is 5.82 Å². The van der Waals surface area contributed by atoms with E-state index in [-0.39, 0.29) is 11.0 Å². The molecule has 0 radical (unpaired) electrons. The quantitative estimate of drug-likeness (QED) is 0.896. The molecule has 0 bridgehead atoms. The van der Waals surface area contributed by atoms with Crippen LogP contribution < -0.4 is 4.74 Å². The lowest BCUT2D eigenvalue weighted by atomic mass is 9.96. The van der Waals surface area contributed by atoms with E-state index >= 15 is 0 Å². The molecule has 2 aromatic rings. The normalized spacial score (nSPS) is 11.4. The summed E-state index contributed by atoms with van der Waals surface area (Å²) in [6.45, 7) is 6.04. The first-order chi connectivity index (χ1) is 9.27. The molecule has 1 aromatic carbocycles. The van der Waals surface area contributed by atoms with Crippen LogP contribution in [0.3, 0.4) is 0 Å². The number of nitrogens with zero attached hydrogens (tertiary/aromatic N) is 2. The number of aromatic nitrogens is 2. The second-order valence-electron chi connectivity index (χ2n) is 5.19. The maximum Gasteiger partial charge on any atom is 0.335 e. The van der Waals surface area contributed by atoms with E-state index in [1.165, 1.54) is 12.1 Å². The van der Waals surface area contributed by atoms with E-state index in [0.717, 1.165) is 11.5 Å². The Kier molecular flexibility index (Phi) is 4.10. The summed E-state index contributed by atoms with van der Waals surface area (Å²) in [5.41, 5.74) is 0.00175. The molecule has 7 heteroatoms. The number of hydrogen-bond acceptors (Lipinski definition) is 5. The maximum atomic E-state index is 11.0. The predicted octanol–water partition coefficient (Wildman–Crippen LogP) is 4.09. The Labute approximate surface area is 128 Å². The number of carboxylic acids is 1. The van der Waals surface area contributed by atoms with Crippen LogP contribution in [0, 0.1) is 0 Å². The molecular weight excluding hydrogens is 344 g/mol. The number of rotatable bonds is 3. The van der Waals surface area contributed by atoms with Crippen LogP contribution in [0.5, 0.6) is 10.9 Å². The van der Waals surface area contributed by atoms with Crippen molar-refractivity contribution in [3.8, 4) is 10.9 Å². The molecule has 0 unspecified atom stereocenters. The molecule has 2 rings (SSSR count). The molecule has 0 fully saturated rings. The van der Waals surface area contributed by atoms with Crippen LogP contribution in [-0.2, 0) is 5.41 Å². The lowest BCUT2D eigenvalue weighted by molar-refractivity contribution is 0.0696.